The minimum atomic E-state index is -2.62. The van der Waals surface area contributed by atoms with Gasteiger partial charge in [-0.15, -0.1) is 0 Å². The molecule has 0 radical (unpaired) electrons. The molecule has 1 aliphatic rings. The fourth-order valence-electron chi connectivity index (χ4n) is 0.729. The molecule has 6 nitrogen and oxygen atoms in total. The van der Waals surface area contributed by atoms with Gasteiger partial charge in [-0.05, 0) is 0 Å². The van der Waals surface area contributed by atoms with Crippen molar-refractivity contribution in [1.82, 2.24) is 0 Å². The van der Waals surface area contributed by atoms with Gasteiger partial charge >= 0.3 is 7.66 Å². The Hall–Kier alpha value is -0.840. The minimum Gasteiger partial charge on any atom is -0.310 e. The lowest BCUT2D eigenvalue weighted by molar-refractivity contribution is -0.111. The van der Waals surface area contributed by atoms with Gasteiger partial charge in [0.05, 0.1) is 0 Å². The van der Waals surface area contributed by atoms with Crippen LogP contribution in [0, 0.1) is 0 Å². The zero-order valence-electron chi connectivity index (χ0n) is 7.59. The van der Waals surface area contributed by atoms with Gasteiger partial charge in [-0.3, -0.25) is 4.79 Å². The Kier molecular flexibility index (Phi) is 3.08. The van der Waals surface area contributed by atoms with Crippen LogP contribution in [0.4, 0.5) is 0 Å². The van der Waals surface area contributed by atoms with Crippen LogP contribution in [-0.2, 0) is 13.8 Å². The van der Waals surface area contributed by atoms with E-state index in [9.17, 15) is 4.79 Å². The first-order chi connectivity index (χ1) is 6.13. The van der Waals surface area contributed by atoms with E-state index in [1.165, 1.54) is 27.5 Å². The van der Waals surface area contributed by atoms with Gasteiger partial charge in [0.1, 0.15) is 6.34 Å². The predicted octanol–water partition coefficient (Wildman–Crippen LogP) is 1.25. The van der Waals surface area contributed by atoms with E-state index in [2.05, 4.69) is 14.5 Å². The van der Waals surface area contributed by atoms with Crippen molar-refractivity contribution in [3.63, 3.8) is 0 Å². The number of amidine groups is 1. The second-order valence-corrected chi connectivity index (χ2v) is 4.34. The molecule has 0 aromatic rings. The lowest BCUT2D eigenvalue weighted by Gasteiger charge is -2.16. The van der Waals surface area contributed by atoms with E-state index in [1.54, 1.807) is 0 Å². The van der Waals surface area contributed by atoms with Gasteiger partial charge in [-0.1, -0.05) is 0 Å². The highest BCUT2D eigenvalue weighted by molar-refractivity contribution is 7.55. The van der Waals surface area contributed by atoms with Crippen molar-refractivity contribution in [2.24, 2.45) is 14.5 Å². The highest BCUT2D eigenvalue weighted by atomic mass is 31.2. The van der Waals surface area contributed by atoms with Crippen LogP contribution in [0.5, 0.6) is 0 Å². The van der Waals surface area contributed by atoms with Gasteiger partial charge in [-0.25, -0.2) is 4.99 Å². The summed E-state index contributed by atoms with van der Waals surface area (Å²) in [5.74, 6) is -0.142. The summed E-state index contributed by atoms with van der Waals surface area (Å²) < 4.78 is 17.8. The molecule has 0 bridgehead atoms. The van der Waals surface area contributed by atoms with Gasteiger partial charge in [0.25, 0.3) is 0 Å². The lowest BCUT2D eigenvalue weighted by atomic mass is 10.4. The van der Waals surface area contributed by atoms with Gasteiger partial charge in [0.15, 0.2) is 5.78 Å². The number of nitrogens with zero attached hydrogens (tertiary/aromatic N) is 3. The molecule has 0 aromatic heterocycles. The first-order valence-corrected chi connectivity index (χ1v) is 5.03. The zero-order valence-corrected chi connectivity index (χ0v) is 8.49. The van der Waals surface area contributed by atoms with E-state index < -0.39 is 7.66 Å². The van der Waals surface area contributed by atoms with Gasteiger partial charge in [0, 0.05) is 21.1 Å². The van der Waals surface area contributed by atoms with Crippen LogP contribution in [0.3, 0.4) is 0 Å². The lowest BCUT2D eigenvalue weighted by Crippen LogP contribution is -2.09. The molecule has 7 heteroatoms. The number of rotatable bonds is 3. The zero-order chi connectivity index (χ0) is 9.90. The highest BCUT2D eigenvalue weighted by Crippen LogP contribution is 2.52. The van der Waals surface area contributed by atoms with Crippen molar-refractivity contribution >= 4 is 25.6 Å². The largest absolute Gasteiger partial charge is 0.343 e. The topological polar surface area (TPSA) is 72.6 Å². The Morgan fingerprint density at radius 2 is 2.08 bits per heavy atom. The van der Waals surface area contributed by atoms with Crippen LogP contribution in [0.2, 0.25) is 0 Å². The quantitative estimate of drug-likeness (QED) is 0.648. The maximum absolute atomic E-state index is 10.9. The average Bonchev–Trinajstić information content (AvgIpc) is 2.18. The molecule has 0 unspecified atom stereocenters. The standard InChI is InChI=1S/C6H10N3O3P/c1-5(10)6-7-4-8-13(9-6,11-2)12-3/h4H,1-3H3. The number of hydrogen-bond donors (Lipinski definition) is 0. The van der Waals surface area contributed by atoms with Crippen LogP contribution in [0.15, 0.2) is 14.5 Å². The molecule has 1 rings (SSSR count). The molecule has 1 aliphatic heterocycles. The third-order valence-corrected chi connectivity index (χ3v) is 3.18. The van der Waals surface area contributed by atoms with E-state index in [1.807, 2.05) is 0 Å². The van der Waals surface area contributed by atoms with Gasteiger partial charge in [-0.2, -0.15) is 9.51 Å². The first-order valence-electron chi connectivity index (χ1n) is 3.50. The van der Waals surface area contributed by atoms with Gasteiger partial charge < -0.3 is 9.05 Å². The van der Waals surface area contributed by atoms with Crippen molar-refractivity contribution in [3.05, 3.63) is 0 Å². The number of ketones is 1. The average molecular weight is 203 g/mol. The second-order valence-electron chi connectivity index (χ2n) is 2.20. The number of carbonyl (C=O) groups is 1. The first kappa shape index (κ1) is 10.2. The summed E-state index contributed by atoms with van der Waals surface area (Å²) in [5, 5.41) is 0. The maximum atomic E-state index is 10.9. The molecule has 0 N–H and O–H groups in total. The summed E-state index contributed by atoms with van der Waals surface area (Å²) in [6, 6.07) is 0. The van der Waals surface area contributed by atoms with Crippen LogP contribution in [0.25, 0.3) is 0 Å². The van der Waals surface area contributed by atoms with Crippen molar-refractivity contribution < 1.29 is 13.8 Å². The number of carbonyl (C=O) groups excluding carboxylic acids is 1. The third kappa shape index (κ3) is 2.09. The summed E-state index contributed by atoms with van der Waals surface area (Å²) in [4.78, 5) is 14.6. The maximum Gasteiger partial charge on any atom is 0.343 e. The van der Waals surface area contributed by atoms with E-state index >= 15 is 0 Å². The molecule has 0 fully saturated rings. The van der Waals surface area contributed by atoms with Crippen molar-refractivity contribution in [3.8, 4) is 0 Å². The van der Waals surface area contributed by atoms with E-state index in [4.69, 9.17) is 9.05 Å². The fourth-order valence-corrected chi connectivity index (χ4v) is 1.90. The normalized spacial score (nSPS) is 19.2. The molecular weight excluding hydrogens is 193 g/mol. The van der Waals surface area contributed by atoms with E-state index in [0.717, 1.165) is 0 Å². The summed E-state index contributed by atoms with van der Waals surface area (Å²) in [6.07, 6.45) is 1.24. The van der Waals surface area contributed by atoms with Crippen molar-refractivity contribution in [2.45, 2.75) is 6.92 Å². The summed E-state index contributed by atoms with van der Waals surface area (Å²) >= 11 is 0. The molecule has 0 saturated carbocycles. The second kappa shape index (κ2) is 3.91. The van der Waals surface area contributed by atoms with E-state index in [-0.39, 0.29) is 11.6 Å². The Balaban J connectivity index is 3.11. The Morgan fingerprint density at radius 3 is 2.54 bits per heavy atom. The molecule has 13 heavy (non-hydrogen) atoms. The smallest absolute Gasteiger partial charge is 0.310 e. The summed E-state index contributed by atoms with van der Waals surface area (Å²) in [7, 11) is 0.244. The number of Topliss-reactive ketones (excluding diaryl/α,β-unsaturated/α-hetero) is 1. The Labute approximate surface area is 76.0 Å². The molecule has 0 spiro atoms. The Morgan fingerprint density at radius 1 is 1.46 bits per heavy atom. The molecule has 0 aliphatic carbocycles. The SMILES string of the molecule is COP1(OC)=NC(C(C)=O)=NC=N1. The highest BCUT2D eigenvalue weighted by Gasteiger charge is 2.22. The third-order valence-electron chi connectivity index (χ3n) is 1.39. The van der Waals surface area contributed by atoms with Crippen LogP contribution in [0.1, 0.15) is 6.92 Å². The van der Waals surface area contributed by atoms with Crippen molar-refractivity contribution in [2.75, 3.05) is 14.2 Å². The minimum absolute atomic E-state index is 0.0898. The number of hydrogen-bond acceptors (Lipinski definition) is 6. The van der Waals surface area contributed by atoms with Crippen molar-refractivity contribution in [1.29, 1.82) is 0 Å². The molecule has 0 saturated heterocycles. The molecule has 72 valence electrons. The predicted molar refractivity (Wildman–Crippen MR) is 50.0 cm³/mol. The monoisotopic (exact) mass is 203 g/mol. The molecule has 1 heterocycles. The number of aliphatic imine (C=N–C) groups is 1. The molecule has 0 amide bonds. The van der Waals surface area contributed by atoms with E-state index in [0.29, 0.717) is 0 Å². The van der Waals surface area contributed by atoms with Crippen LogP contribution in [-0.4, -0.2) is 32.2 Å². The van der Waals surface area contributed by atoms with Crippen LogP contribution >= 0.6 is 7.66 Å². The Bertz CT molecular complexity index is 326. The molecule has 0 aromatic carbocycles. The van der Waals surface area contributed by atoms with Crippen LogP contribution < -0.4 is 0 Å². The van der Waals surface area contributed by atoms with Gasteiger partial charge in [0.2, 0.25) is 5.84 Å². The molecular formula is C6H10N3O3P. The fraction of sp³-hybridized carbons (Fsp3) is 0.500. The summed E-state index contributed by atoms with van der Waals surface area (Å²) in [6.45, 7) is 1.38. The summed E-state index contributed by atoms with van der Waals surface area (Å²) in [5.41, 5.74) is 0. The molecule has 0 atom stereocenters.